The minimum absolute atomic E-state index is 0.594. The molecule has 100 valence electrons. The molecule has 3 nitrogen and oxygen atoms in total. The Morgan fingerprint density at radius 1 is 1.16 bits per heavy atom. The van der Waals surface area contributed by atoms with E-state index in [1.54, 1.807) is 0 Å². The number of rotatable bonds is 2. The Hall–Kier alpha value is -1.61. The topological polar surface area (TPSA) is 29.9 Å². The predicted molar refractivity (Wildman–Crippen MR) is 78.2 cm³/mol. The summed E-state index contributed by atoms with van der Waals surface area (Å²) >= 11 is 0. The molecule has 0 atom stereocenters. The molecule has 0 amide bonds. The molecule has 0 spiro atoms. The number of aryl methyl sites for hydroxylation is 1. The van der Waals surface area contributed by atoms with Crippen LogP contribution in [0, 0.1) is 6.92 Å². The largest absolute Gasteiger partial charge is 0.317 e. The van der Waals surface area contributed by atoms with Crippen molar-refractivity contribution in [2.45, 2.75) is 25.7 Å². The van der Waals surface area contributed by atoms with E-state index < -0.39 is 0 Å². The highest BCUT2D eigenvalue weighted by Crippen LogP contribution is 2.35. The van der Waals surface area contributed by atoms with Crippen LogP contribution in [0.2, 0.25) is 0 Å². The van der Waals surface area contributed by atoms with Crippen LogP contribution in [0.4, 0.5) is 0 Å². The molecule has 1 fully saturated rings. The zero-order chi connectivity index (χ0) is 13.2. The lowest BCUT2D eigenvalue weighted by molar-refractivity contribution is 0.450. The Labute approximate surface area is 114 Å². The van der Waals surface area contributed by atoms with E-state index in [1.165, 1.54) is 35.4 Å². The van der Waals surface area contributed by atoms with Gasteiger partial charge in [0.05, 0.1) is 5.69 Å². The summed E-state index contributed by atoms with van der Waals surface area (Å²) in [5.74, 6) is 0.594. The van der Waals surface area contributed by atoms with Crippen LogP contribution in [-0.4, -0.2) is 22.9 Å². The molecule has 1 N–H and O–H groups in total. The zero-order valence-corrected chi connectivity index (χ0v) is 11.7. The van der Waals surface area contributed by atoms with Crippen LogP contribution in [-0.2, 0) is 7.05 Å². The fourth-order valence-electron chi connectivity index (χ4n) is 2.98. The smallest absolute Gasteiger partial charge is 0.0737 e. The fourth-order valence-corrected chi connectivity index (χ4v) is 2.98. The molecule has 1 saturated heterocycles. The summed E-state index contributed by atoms with van der Waals surface area (Å²) in [6.07, 6.45) is 2.38. The van der Waals surface area contributed by atoms with E-state index in [9.17, 15) is 0 Å². The third-order valence-corrected chi connectivity index (χ3v) is 4.15. The van der Waals surface area contributed by atoms with Crippen LogP contribution >= 0.6 is 0 Å². The van der Waals surface area contributed by atoms with Crippen molar-refractivity contribution in [2.75, 3.05) is 13.1 Å². The Bertz CT molecular complexity index is 551. The van der Waals surface area contributed by atoms with E-state index in [0.717, 1.165) is 13.1 Å². The number of hydrogen-bond acceptors (Lipinski definition) is 2. The normalized spacial score (nSPS) is 16.7. The van der Waals surface area contributed by atoms with Gasteiger partial charge in [-0.25, -0.2) is 0 Å². The van der Waals surface area contributed by atoms with Crippen LogP contribution in [0.1, 0.15) is 30.1 Å². The third kappa shape index (κ3) is 2.30. The van der Waals surface area contributed by atoms with Gasteiger partial charge in [-0.1, -0.05) is 30.3 Å². The molecule has 1 aliphatic heterocycles. The van der Waals surface area contributed by atoms with Gasteiger partial charge in [0, 0.05) is 24.2 Å². The first-order valence-electron chi connectivity index (χ1n) is 7.07. The maximum absolute atomic E-state index is 4.80. The zero-order valence-electron chi connectivity index (χ0n) is 11.7. The Kier molecular flexibility index (Phi) is 3.38. The van der Waals surface area contributed by atoms with Crippen molar-refractivity contribution in [3.05, 3.63) is 41.7 Å². The molecule has 0 saturated carbocycles. The van der Waals surface area contributed by atoms with Crippen molar-refractivity contribution in [3.63, 3.8) is 0 Å². The van der Waals surface area contributed by atoms with Crippen molar-refractivity contribution in [1.29, 1.82) is 0 Å². The number of benzene rings is 1. The molecule has 3 heteroatoms. The summed E-state index contributed by atoms with van der Waals surface area (Å²) in [5.41, 5.74) is 5.18. The van der Waals surface area contributed by atoms with Gasteiger partial charge in [0.1, 0.15) is 0 Å². The summed E-state index contributed by atoms with van der Waals surface area (Å²) < 4.78 is 2.03. The highest BCUT2D eigenvalue weighted by molar-refractivity contribution is 5.69. The molecule has 0 radical (unpaired) electrons. The van der Waals surface area contributed by atoms with Crippen LogP contribution in [0.3, 0.4) is 0 Å². The van der Waals surface area contributed by atoms with Gasteiger partial charge in [0.15, 0.2) is 0 Å². The lowest BCUT2D eigenvalue weighted by Gasteiger charge is -2.22. The monoisotopic (exact) mass is 255 g/mol. The maximum atomic E-state index is 4.80. The van der Waals surface area contributed by atoms with Gasteiger partial charge >= 0.3 is 0 Å². The van der Waals surface area contributed by atoms with Crippen molar-refractivity contribution in [3.8, 4) is 11.1 Å². The number of piperidine rings is 1. The molecule has 1 aromatic carbocycles. The first kappa shape index (κ1) is 12.4. The molecule has 3 rings (SSSR count). The van der Waals surface area contributed by atoms with Crippen LogP contribution in [0.15, 0.2) is 30.3 Å². The van der Waals surface area contributed by atoms with Crippen molar-refractivity contribution in [2.24, 2.45) is 7.05 Å². The summed E-state index contributed by atoms with van der Waals surface area (Å²) in [6, 6.07) is 10.7. The van der Waals surface area contributed by atoms with E-state index in [2.05, 4.69) is 42.6 Å². The predicted octanol–water partition coefficient (Wildman–Crippen LogP) is 2.86. The van der Waals surface area contributed by atoms with Gasteiger partial charge in [0.2, 0.25) is 0 Å². The first-order chi connectivity index (χ1) is 9.27. The second-order valence-corrected chi connectivity index (χ2v) is 5.36. The summed E-state index contributed by atoms with van der Waals surface area (Å²) in [4.78, 5) is 0. The van der Waals surface area contributed by atoms with E-state index in [0.29, 0.717) is 5.92 Å². The van der Waals surface area contributed by atoms with Gasteiger partial charge in [-0.15, -0.1) is 0 Å². The molecule has 0 bridgehead atoms. The van der Waals surface area contributed by atoms with Crippen molar-refractivity contribution >= 4 is 0 Å². The molecule has 2 heterocycles. The highest BCUT2D eigenvalue weighted by atomic mass is 15.3. The maximum Gasteiger partial charge on any atom is 0.0737 e. The lowest BCUT2D eigenvalue weighted by Crippen LogP contribution is -2.27. The standard InChI is InChI=1S/C16H21N3/c1-12-15(13-6-4-3-5-7-13)16(18-19(12)2)14-8-10-17-11-9-14/h3-7,14,17H,8-11H2,1-2H3. The van der Waals surface area contributed by atoms with Gasteiger partial charge in [-0.3, -0.25) is 4.68 Å². The van der Waals surface area contributed by atoms with Crippen LogP contribution in [0.25, 0.3) is 11.1 Å². The molecule has 2 aromatic rings. The summed E-state index contributed by atoms with van der Waals surface area (Å²) in [5, 5.41) is 8.23. The average Bonchev–Trinajstić information content (AvgIpc) is 2.77. The van der Waals surface area contributed by atoms with Gasteiger partial charge in [-0.2, -0.15) is 5.10 Å². The molecular formula is C16H21N3. The van der Waals surface area contributed by atoms with E-state index in [1.807, 2.05) is 11.7 Å². The SMILES string of the molecule is Cc1c(-c2ccccc2)c(C2CCNCC2)nn1C. The van der Waals surface area contributed by atoms with Crippen LogP contribution in [0.5, 0.6) is 0 Å². The Morgan fingerprint density at radius 2 is 1.84 bits per heavy atom. The second-order valence-electron chi connectivity index (χ2n) is 5.36. The van der Waals surface area contributed by atoms with Crippen molar-refractivity contribution < 1.29 is 0 Å². The Balaban J connectivity index is 2.07. The molecule has 1 aliphatic rings. The van der Waals surface area contributed by atoms with E-state index in [4.69, 9.17) is 5.10 Å². The number of nitrogens with one attached hydrogen (secondary N) is 1. The minimum Gasteiger partial charge on any atom is -0.317 e. The number of nitrogens with zero attached hydrogens (tertiary/aromatic N) is 2. The van der Waals surface area contributed by atoms with Gasteiger partial charge in [0.25, 0.3) is 0 Å². The molecule has 0 unspecified atom stereocenters. The highest BCUT2D eigenvalue weighted by Gasteiger charge is 2.24. The molecule has 19 heavy (non-hydrogen) atoms. The van der Waals surface area contributed by atoms with Gasteiger partial charge in [-0.05, 0) is 38.4 Å². The van der Waals surface area contributed by atoms with E-state index in [-0.39, 0.29) is 0 Å². The first-order valence-corrected chi connectivity index (χ1v) is 7.07. The lowest BCUT2D eigenvalue weighted by atomic mass is 9.89. The molecule has 0 aliphatic carbocycles. The van der Waals surface area contributed by atoms with Gasteiger partial charge < -0.3 is 5.32 Å². The summed E-state index contributed by atoms with van der Waals surface area (Å²) in [6.45, 7) is 4.38. The van der Waals surface area contributed by atoms with E-state index >= 15 is 0 Å². The fraction of sp³-hybridized carbons (Fsp3) is 0.438. The van der Waals surface area contributed by atoms with Crippen LogP contribution < -0.4 is 5.32 Å². The number of aromatic nitrogens is 2. The Morgan fingerprint density at radius 3 is 2.53 bits per heavy atom. The number of hydrogen-bond donors (Lipinski definition) is 1. The average molecular weight is 255 g/mol. The minimum atomic E-state index is 0.594. The van der Waals surface area contributed by atoms with Crippen molar-refractivity contribution in [1.82, 2.24) is 15.1 Å². The summed E-state index contributed by atoms with van der Waals surface area (Å²) in [7, 11) is 2.05. The third-order valence-electron chi connectivity index (χ3n) is 4.15. The molecule has 1 aromatic heterocycles. The second kappa shape index (κ2) is 5.17. The quantitative estimate of drug-likeness (QED) is 0.894. The molecular weight excluding hydrogens is 234 g/mol.